The van der Waals surface area contributed by atoms with E-state index in [2.05, 4.69) is 16.0 Å². The van der Waals surface area contributed by atoms with Crippen LogP contribution in [0.15, 0.2) is 59.8 Å². The van der Waals surface area contributed by atoms with Crippen LogP contribution in [0.4, 0.5) is 15.8 Å². The van der Waals surface area contributed by atoms with Crippen LogP contribution in [-0.2, 0) is 4.79 Å². The molecule has 7 heteroatoms. The highest BCUT2D eigenvalue weighted by Crippen LogP contribution is 2.29. The Morgan fingerprint density at radius 2 is 1.81 bits per heavy atom. The van der Waals surface area contributed by atoms with Gasteiger partial charge < -0.3 is 20.9 Å². The molecule has 1 atom stereocenters. The van der Waals surface area contributed by atoms with Crippen molar-refractivity contribution in [1.82, 2.24) is 10.6 Å². The topological polar surface area (TPSA) is 56.4 Å². The fourth-order valence-corrected chi connectivity index (χ4v) is 3.23. The average Bonchev–Trinajstić information content (AvgIpc) is 2.63. The molecule has 1 aliphatic heterocycles. The Morgan fingerprint density at radius 1 is 1.15 bits per heavy atom. The lowest BCUT2D eigenvalue weighted by Crippen LogP contribution is -2.45. The molecular formula is C20H21FN4OS. The van der Waals surface area contributed by atoms with Crippen molar-refractivity contribution in [2.75, 3.05) is 24.3 Å². The van der Waals surface area contributed by atoms with Gasteiger partial charge in [-0.3, -0.25) is 4.79 Å². The Bertz CT molecular complexity index is 908. The molecule has 27 heavy (non-hydrogen) atoms. The number of para-hydroxylation sites is 1. The van der Waals surface area contributed by atoms with Gasteiger partial charge in [0.25, 0.3) is 5.91 Å². The predicted molar refractivity (Wildman–Crippen MR) is 110 cm³/mol. The fourth-order valence-electron chi connectivity index (χ4n) is 2.96. The molecule has 0 aliphatic carbocycles. The molecule has 5 nitrogen and oxygen atoms in total. The minimum atomic E-state index is -0.483. The maximum absolute atomic E-state index is 13.9. The second-order valence-corrected chi connectivity index (χ2v) is 6.90. The van der Waals surface area contributed by atoms with Crippen molar-refractivity contribution in [3.05, 3.63) is 71.2 Å². The maximum atomic E-state index is 13.9. The van der Waals surface area contributed by atoms with Gasteiger partial charge in [-0.15, -0.1) is 0 Å². The minimum Gasteiger partial charge on any atom is -0.378 e. The number of carbonyl (C=O) groups excluding carboxylic acids is 1. The third-order valence-corrected chi connectivity index (χ3v) is 4.60. The quantitative estimate of drug-likeness (QED) is 0.706. The van der Waals surface area contributed by atoms with E-state index in [9.17, 15) is 9.18 Å². The Hall–Kier alpha value is -2.93. The number of nitrogens with one attached hydrogen (secondary N) is 3. The van der Waals surface area contributed by atoms with Crippen LogP contribution in [-0.4, -0.2) is 25.1 Å². The van der Waals surface area contributed by atoms with Gasteiger partial charge in [-0.25, -0.2) is 4.39 Å². The number of halogens is 1. The molecule has 0 aromatic heterocycles. The van der Waals surface area contributed by atoms with Crippen LogP contribution in [0, 0.1) is 5.82 Å². The van der Waals surface area contributed by atoms with Gasteiger partial charge in [0.15, 0.2) is 5.11 Å². The molecule has 3 rings (SSSR count). The predicted octanol–water partition coefficient (Wildman–Crippen LogP) is 3.32. The highest BCUT2D eigenvalue weighted by atomic mass is 32.1. The monoisotopic (exact) mass is 384 g/mol. The van der Waals surface area contributed by atoms with Crippen LogP contribution in [0.25, 0.3) is 0 Å². The van der Waals surface area contributed by atoms with E-state index in [1.54, 1.807) is 19.1 Å². The van der Waals surface area contributed by atoms with E-state index in [4.69, 9.17) is 12.2 Å². The molecule has 1 heterocycles. The van der Waals surface area contributed by atoms with E-state index in [-0.39, 0.29) is 11.6 Å². The zero-order chi connectivity index (χ0) is 19.6. The summed E-state index contributed by atoms with van der Waals surface area (Å²) in [6.07, 6.45) is 0. The molecule has 0 saturated carbocycles. The molecule has 0 bridgehead atoms. The summed E-state index contributed by atoms with van der Waals surface area (Å²) in [6, 6.07) is 13.5. The summed E-state index contributed by atoms with van der Waals surface area (Å²) in [5, 5.41) is 9.21. The van der Waals surface area contributed by atoms with E-state index in [0.717, 1.165) is 11.3 Å². The lowest BCUT2D eigenvalue weighted by molar-refractivity contribution is -0.113. The Labute approximate surface area is 163 Å². The number of amides is 1. The number of anilines is 2. The van der Waals surface area contributed by atoms with Crippen molar-refractivity contribution >= 4 is 34.6 Å². The fraction of sp³-hybridized carbons (Fsp3) is 0.200. The lowest BCUT2D eigenvalue weighted by atomic mass is 9.94. The maximum Gasteiger partial charge on any atom is 0.255 e. The van der Waals surface area contributed by atoms with Crippen LogP contribution in [0.2, 0.25) is 0 Å². The summed E-state index contributed by atoms with van der Waals surface area (Å²) in [5.74, 6) is -0.870. The van der Waals surface area contributed by atoms with Gasteiger partial charge in [0.2, 0.25) is 0 Å². The Morgan fingerprint density at radius 3 is 2.44 bits per heavy atom. The standard InChI is InChI=1S/C20H21FN4OS/c1-12-17(19(26)23-16-7-5-4-6-15(16)21)18(24-20(27)22-12)13-8-10-14(11-9-13)25(2)3/h4-11,18H,1-3H3,(H,23,26)(H2,22,24,27)/t18-/m0/s1. The van der Waals surface area contributed by atoms with Gasteiger partial charge in [-0.2, -0.15) is 0 Å². The molecule has 2 aromatic rings. The van der Waals surface area contributed by atoms with Crippen LogP contribution < -0.4 is 20.9 Å². The molecule has 0 saturated heterocycles. The molecule has 0 unspecified atom stereocenters. The molecular weight excluding hydrogens is 363 g/mol. The first-order valence-electron chi connectivity index (χ1n) is 8.48. The molecule has 1 amide bonds. The number of hydrogen-bond donors (Lipinski definition) is 3. The lowest BCUT2D eigenvalue weighted by Gasteiger charge is -2.30. The van der Waals surface area contributed by atoms with Crippen molar-refractivity contribution < 1.29 is 9.18 Å². The van der Waals surface area contributed by atoms with Crippen molar-refractivity contribution in [1.29, 1.82) is 0 Å². The second-order valence-electron chi connectivity index (χ2n) is 6.49. The summed E-state index contributed by atoms with van der Waals surface area (Å²) in [4.78, 5) is 14.9. The van der Waals surface area contributed by atoms with Gasteiger partial charge in [0.1, 0.15) is 5.82 Å². The second kappa shape index (κ2) is 7.75. The van der Waals surface area contributed by atoms with Crippen LogP contribution in [0.1, 0.15) is 18.5 Å². The van der Waals surface area contributed by atoms with E-state index in [1.807, 2.05) is 43.3 Å². The normalized spacial score (nSPS) is 16.4. The van der Waals surface area contributed by atoms with Gasteiger partial charge in [-0.1, -0.05) is 24.3 Å². The van der Waals surface area contributed by atoms with Crippen molar-refractivity contribution in [3.63, 3.8) is 0 Å². The average molecular weight is 384 g/mol. The first kappa shape index (κ1) is 18.8. The summed E-state index contributed by atoms with van der Waals surface area (Å²) >= 11 is 5.26. The molecule has 3 N–H and O–H groups in total. The third-order valence-electron chi connectivity index (χ3n) is 4.38. The third kappa shape index (κ3) is 4.09. The van der Waals surface area contributed by atoms with Gasteiger partial charge in [0.05, 0.1) is 17.3 Å². The number of allylic oxidation sites excluding steroid dienone is 1. The largest absolute Gasteiger partial charge is 0.378 e. The number of benzene rings is 2. The van der Waals surface area contributed by atoms with Gasteiger partial charge >= 0.3 is 0 Å². The Balaban J connectivity index is 1.94. The van der Waals surface area contributed by atoms with Crippen LogP contribution >= 0.6 is 12.2 Å². The van der Waals surface area contributed by atoms with Crippen molar-refractivity contribution in [2.24, 2.45) is 0 Å². The zero-order valence-electron chi connectivity index (χ0n) is 15.3. The molecule has 140 valence electrons. The highest BCUT2D eigenvalue weighted by molar-refractivity contribution is 7.80. The molecule has 0 fully saturated rings. The van der Waals surface area contributed by atoms with Crippen LogP contribution in [0.5, 0.6) is 0 Å². The first-order chi connectivity index (χ1) is 12.9. The SMILES string of the molecule is CC1=C(C(=O)Nc2ccccc2F)[C@H](c2ccc(N(C)C)cc2)NC(=S)N1. The summed E-state index contributed by atoms with van der Waals surface area (Å²) < 4.78 is 13.9. The number of rotatable bonds is 4. The molecule has 1 aliphatic rings. The van der Waals surface area contributed by atoms with Crippen LogP contribution in [0.3, 0.4) is 0 Å². The number of thiocarbonyl (C=S) groups is 1. The van der Waals surface area contributed by atoms with Gasteiger partial charge in [0, 0.05) is 25.5 Å². The number of hydrogen-bond acceptors (Lipinski definition) is 3. The minimum absolute atomic E-state index is 0.137. The molecule has 2 aromatic carbocycles. The Kier molecular flexibility index (Phi) is 5.41. The molecule has 0 radical (unpaired) electrons. The zero-order valence-corrected chi connectivity index (χ0v) is 16.2. The smallest absolute Gasteiger partial charge is 0.255 e. The summed E-state index contributed by atoms with van der Waals surface area (Å²) in [5.41, 5.74) is 3.17. The highest BCUT2D eigenvalue weighted by Gasteiger charge is 2.30. The van der Waals surface area contributed by atoms with E-state index >= 15 is 0 Å². The first-order valence-corrected chi connectivity index (χ1v) is 8.89. The van der Waals surface area contributed by atoms with Gasteiger partial charge in [-0.05, 0) is 49.0 Å². The number of carbonyl (C=O) groups is 1. The molecule has 0 spiro atoms. The summed E-state index contributed by atoms with van der Waals surface area (Å²) in [6.45, 7) is 1.78. The number of nitrogens with zero attached hydrogens (tertiary/aromatic N) is 1. The van der Waals surface area contributed by atoms with E-state index in [1.165, 1.54) is 12.1 Å². The summed E-state index contributed by atoms with van der Waals surface area (Å²) in [7, 11) is 3.93. The van der Waals surface area contributed by atoms with Crippen molar-refractivity contribution in [2.45, 2.75) is 13.0 Å². The van der Waals surface area contributed by atoms with Crippen molar-refractivity contribution in [3.8, 4) is 0 Å². The van der Waals surface area contributed by atoms with E-state index < -0.39 is 11.9 Å². The van der Waals surface area contributed by atoms with E-state index in [0.29, 0.717) is 16.4 Å².